The van der Waals surface area contributed by atoms with Crippen molar-refractivity contribution in [3.05, 3.63) is 75.6 Å². The molecule has 3 aromatic rings. The van der Waals surface area contributed by atoms with Gasteiger partial charge in [0.25, 0.3) is 5.69 Å². The van der Waals surface area contributed by atoms with Gasteiger partial charge in [0.2, 0.25) is 5.91 Å². The van der Waals surface area contributed by atoms with Gasteiger partial charge in [0.05, 0.1) is 11.5 Å². The van der Waals surface area contributed by atoms with Gasteiger partial charge < -0.3 is 5.32 Å². The lowest BCUT2D eigenvalue weighted by Gasteiger charge is -2.11. The SMILES string of the molecule is CCCCCC(=O)NCc1nnc(SCc2ccccc2C)n1-c1ccc([N+](=O)[O-])cc1. The first kappa shape index (κ1) is 23.5. The van der Waals surface area contributed by atoms with Gasteiger partial charge in [0.1, 0.15) is 0 Å². The lowest BCUT2D eigenvalue weighted by atomic mass is 10.1. The molecule has 0 atom stereocenters. The number of carbonyl (C=O) groups excluding carboxylic acids is 1. The summed E-state index contributed by atoms with van der Waals surface area (Å²) in [6.07, 6.45) is 3.42. The highest BCUT2D eigenvalue weighted by Crippen LogP contribution is 2.27. The van der Waals surface area contributed by atoms with Gasteiger partial charge in [-0.25, -0.2) is 0 Å². The van der Waals surface area contributed by atoms with Gasteiger partial charge in [0.15, 0.2) is 11.0 Å². The maximum atomic E-state index is 12.2. The Morgan fingerprint density at radius 2 is 1.88 bits per heavy atom. The van der Waals surface area contributed by atoms with E-state index in [2.05, 4.69) is 41.5 Å². The third-order valence-electron chi connectivity index (χ3n) is 5.09. The Balaban J connectivity index is 1.82. The number of nitro groups is 1. The number of aromatic nitrogens is 3. The van der Waals surface area contributed by atoms with Crippen LogP contribution in [0.3, 0.4) is 0 Å². The summed E-state index contributed by atoms with van der Waals surface area (Å²) in [7, 11) is 0. The molecule has 32 heavy (non-hydrogen) atoms. The van der Waals surface area contributed by atoms with E-state index in [1.54, 1.807) is 12.1 Å². The van der Waals surface area contributed by atoms with Crippen molar-refractivity contribution in [2.24, 2.45) is 0 Å². The van der Waals surface area contributed by atoms with Crippen molar-refractivity contribution in [1.82, 2.24) is 20.1 Å². The standard InChI is InChI=1S/C23H27N5O3S/c1-3-4-5-10-22(29)24-15-21-25-26-23(32-16-18-9-7-6-8-17(18)2)27(21)19-11-13-20(14-12-19)28(30)31/h6-9,11-14H,3-5,10,15-16H2,1-2H3,(H,24,29). The number of nitro benzene ring substituents is 1. The summed E-state index contributed by atoms with van der Waals surface area (Å²) in [6, 6.07) is 14.4. The molecule has 0 fully saturated rings. The summed E-state index contributed by atoms with van der Waals surface area (Å²) in [6.45, 7) is 4.40. The van der Waals surface area contributed by atoms with Crippen molar-refractivity contribution in [1.29, 1.82) is 0 Å². The van der Waals surface area contributed by atoms with Gasteiger partial charge in [-0.15, -0.1) is 10.2 Å². The number of benzene rings is 2. The van der Waals surface area contributed by atoms with Crippen LogP contribution in [0.25, 0.3) is 5.69 Å². The van der Waals surface area contributed by atoms with Gasteiger partial charge in [0, 0.05) is 30.0 Å². The second kappa shape index (κ2) is 11.4. The smallest absolute Gasteiger partial charge is 0.269 e. The monoisotopic (exact) mass is 453 g/mol. The molecule has 1 heterocycles. The number of non-ortho nitro benzene ring substituents is 1. The number of aryl methyl sites for hydroxylation is 1. The fraction of sp³-hybridized carbons (Fsp3) is 0.348. The van der Waals surface area contributed by atoms with E-state index in [0.717, 1.165) is 19.3 Å². The molecule has 0 aliphatic rings. The molecule has 0 saturated heterocycles. The molecular formula is C23H27N5O3S. The molecule has 1 aromatic heterocycles. The highest BCUT2D eigenvalue weighted by atomic mass is 32.2. The van der Waals surface area contributed by atoms with Crippen molar-refractivity contribution in [2.75, 3.05) is 0 Å². The average molecular weight is 454 g/mol. The Bertz CT molecular complexity index is 1070. The number of nitrogens with one attached hydrogen (secondary N) is 1. The first-order valence-corrected chi connectivity index (χ1v) is 11.6. The maximum absolute atomic E-state index is 12.2. The van der Waals surface area contributed by atoms with E-state index in [4.69, 9.17) is 0 Å². The number of hydrogen-bond acceptors (Lipinski definition) is 6. The van der Waals surface area contributed by atoms with Gasteiger partial charge in [-0.2, -0.15) is 0 Å². The van der Waals surface area contributed by atoms with Gasteiger partial charge >= 0.3 is 0 Å². The van der Waals surface area contributed by atoms with Crippen LogP contribution in [0.4, 0.5) is 5.69 Å². The zero-order valence-corrected chi connectivity index (χ0v) is 19.1. The predicted octanol–water partition coefficient (Wildman–Crippen LogP) is 4.97. The number of nitrogens with zero attached hydrogens (tertiary/aromatic N) is 4. The topological polar surface area (TPSA) is 103 Å². The fourth-order valence-corrected chi connectivity index (χ4v) is 4.25. The Morgan fingerprint density at radius 1 is 1.12 bits per heavy atom. The van der Waals surface area contributed by atoms with Crippen LogP contribution in [0.1, 0.15) is 49.6 Å². The highest BCUT2D eigenvalue weighted by molar-refractivity contribution is 7.98. The number of carbonyl (C=O) groups is 1. The first-order chi connectivity index (χ1) is 15.5. The van der Waals surface area contributed by atoms with E-state index in [9.17, 15) is 14.9 Å². The molecule has 2 aromatic carbocycles. The summed E-state index contributed by atoms with van der Waals surface area (Å²) in [5.74, 6) is 1.27. The number of thioether (sulfide) groups is 1. The van der Waals surface area contributed by atoms with Crippen LogP contribution in [0.5, 0.6) is 0 Å². The van der Waals surface area contributed by atoms with Crippen molar-refractivity contribution in [3.8, 4) is 5.69 Å². The Kier molecular flexibility index (Phi) is 8.38. The minimum Gasteiger partial charge on any atom is -0.349 e. The van der Waals surface area contributed by atoms with E-state index >= 15 is 0 Å². The largest absolute Gasteiger partial charge is 0.349 e. The quantitative estimate of drug-likeness (QED) is 0.190. The van der Waals surface area contributed by atoms with Crippen molar-refractivity contribution >= 4 is 23.4 Å². The second-order valence-corrected chi connectivity index (χ2v) is 8.40. The van der Waals surface area contributed by atoms with Crippen molar-refractivity contribution in [3.63, 3.8) is 0 Å². The molecule has 0 saturated carbocycles. The molecule has 9 heteroatoms. The molecule has 168 valence electrons. The normalized spacial score (nSPS) is 10.8. The van der Waals surface area contributed by atoms with Gasteiger partial charge in [-0.05, 0) is 36.6 Å². The predicted molar refractivity (Wildman–Crippen MR) is 125 cm³/mol. The summed E-state index contributed by atoms with van der Waals surface area (Å²) in [5.41, 5.74) is 3.12. The van der Waals surface area contributed by atoms with E-state index in [1.165, 1.54) is 35.0 Å². The molecule has 1 amide bonds. The first-order valence-electron chi connectivity index (χ1n) is 10.6. The number of rotatable bonds is 11. The number of unbranched alkanes of at least 4 members (excludes halogenated alkanes) is 2. The van der Waals surface area contributed by atoms with Crippen LogP contribution in [0.2, 0.25) is 0 Å². The molecule has 0 radical (unpaired) electrons. The molecule has 0 aliphatic heterocycles. The Hall–Kier alpha value is -3.20. The molecule has 3 rings (SSSR count). The van der Waals surface area contributed by atoms with Crippen molar-refractivity contribution in [2.45, 2.75) is 57.0 Å². The minimum absolute atomic E-state index is 0.0155. The van der Waals surface area contributed by atoms with Crippen LogP contribution in [0, 0.1) is 17.0 Å². The van der Waals surface area contributed by atoms with E-state index < -0.39 is 4.92 Å². The zero-order valence-electron chi connectivity index (χ0n) is 18.3. The van der Waals surface area contributed by atoms with E-state index in [0.29, 0.717) is 28.8 Å². The van der Waals surface area contributed by atoms with Crippen LogP contribution < -0.4 is 5.32 Å². The van der Waals surface area contributed by atoms with E-state index in [-0.39, 0.29) is 18.1 Å². The van der Waals surface area contributed by atoms with Crippen LogP contribution in [-0.4, -0.2) is 25.6 Å². The molecule has 1 N–H and O–H groups in total. The van der Waals surface area contributed by atoms with Gasteiger partial charge in [-0.1, -0.05) is 55.8 Å². The summed E-state index contributed by atoms with van der Waals surface area (Å²) in [4.78, 5) is 22.8. The molecule has 0 aliphatic carbocycles. The summed E-state index contributed by atoms with van der Waals surface area (Å²) >= 11 is 1.53. The Morgan fingerprint density at radius 3 is 2.56 bits per heavy atom. The fourth-order valence-electron chi connectivity index (χ4n) is 3.21. The van der Waals surface area contributed by atoms with Crippen LogP contribution >= 0.6 is 11.8 Å². The third kappa shape index (κ3) is 6.16. The van der Waals surface area contributed by atoms with Crippen LogP contribution in [0.15, 0.2) is 53.7 Å². The Labute approximate surface area is 191 Å². The molecule has 0 spiro atoms. The number of hydrogen-bond donors (Lipinski definition) is 1. The third-order valence-corrected chi connectivity index (χ3v) is 6.07. The highest BCUT2D eigenvalue weighted by Gasteiger charge is 2.17. The van der Waals surface area contributed by atoms with Crippen LogP contribution in [-0.2, 0) is 17.1 Å². The van der Waals surface area contributed by atoms with Gasteiger partial charge in [-0.3, -0.25) is 19.5 Å². The molecule has 0 bridgehead atoms. The lowest BCUT2D eigenvalue weighted by Crippen LogP contribution is -2.24. The zero-order chi connectivity index (χ0) is 22.9. The minimum atomic E-state index is -0.429. The average Bonchev–Trinajstić information content (AvgIpc) is 3.20. The summed E-state index contributed by atoms with van der Waals surface area (Å²) in [5, 5.41) is 23.2. The molecular weight excluding hydrogens is 426 g/mol. The van der Waals surface area contributed by atoms with Crippen molar-refractivity contribution < 1.29 is 9.72 Å². The maximum Gasteiger partial charge on any atom is 0.269 e. The van der Waals surface area contributed by atoms with E-state index in [1.807, 2.05) is 16.7 Å². The second-order valence-electron chi connectivity index (χ2n) is 7.46. The molecule has 0 unspecified atom stereocenters. The molecule has 8 nitrogen and oxygen atoms in total. The number of amides is 1. The summed E-state index contributed by atoms with van der Waals surface area (Å²) < 4.78 is 1.85. The lowest BCUT2D eigenvalue weighted by molar-refractivity contribution is -0.384.